The predicted octanol–water partition coefficient (Wildman–Crippen LogP) is -1.48. The molecule has 0 rings (SSSR count). The third-order valence-electron chi connectivity index (χ3n) is 0.878. The molecule has 0 spiro atoms. The molecule has 0 fully saturated rings. The molecule has 0 unspecified atom stereocenters. The first kappa shape index (κ1) is 8.45. The van der Waals surface area contributed by atoms with E-state index < -0.39 is 13.1 Å². The van der Waals surface area contributed by atoms with Crippen molar-refractivity contribution in [3.05, 3.63) is 0 Å². The maximum absolute atomic E-state index is 10.2. The Bertz CT molecular complexity index is 106. The Balaban J connectivity index is 3.50. The van der Waals surface area contributed by atoms with Crippen LogP contribution < -0.4 is 5.32 Å². The highest BCUT2D eigenvalue weighted by molar-refractivity contribution is 6.43. The summed E-state index contributed by atoms with van der Waals surface area (Å²) >= 11 is 0. The molecular weight excluding hydrogens is 121 g/mol. The number of carbonyl (C=O) groups is 1. The molecule has 0 aromatic carbocycles. The Kier molecular flexibility index (Phi) is 3.26. The standard InChI is InChI=1S/C4H10BNO3/c1-3(5(8)9)6-4(2)7/h3,8-9H,1-2H3,(H,6,7)/t3-/m0/s1. The smallest absolute Gasteiger partial charge is 0.426 e. The number of hydrogen-bond donors (Lipinski definition) is 3. The molecule has 0 aliphatic rings. The van der Waals surface area contributed by atoms with Crippen molar-refractivity contribution in [3.63, 3.8) is 0 Å². The molecular formula is C4H10BNO3. The molecule has 0 aromatic heterocycles. The minimum atomic E-state index is -1.48. The summed E-state index contributed by atoms with van der Waals surface area (Å²) in [5.41, 5.74) is 0. The van der Waals surface area contributed by atoms with Gasteiger partial charge in [0.1, 0.15) is 0 Å². The second kappa shape index (κ2) is 3.47. The van der Waals surface area contributed by atoms with Gasteiger partial charge in [0.2, 0.25) is 5.91 Å². The van der Waals surface area contributed by atoms with Gasteiger partial charge >= 0.3 is 7.12 Å². The van der Waals surface area contributed by atoms with Crippen molar-refractivity contribution in [1.29, 1.82) is 0 Å². The average molecular weight is 131 g/mol. The molecule has 3 N–H and O–H groups in total. The van der Waals surface area contributed by atoms with Crippen LogP contribution >= 0.6 is 0 Å². The molecule has 1 atom stereocenters. The zero-order chi connectivity index (χ0) is 7.44. The number of rotatable bonds is 2. The average Bonchev–Trinajstić information content (AvgIpc) is 1.63. The number of nitrogens with one attached hydrogen (secondary N) is 1. The van der Waals surface area contributed by atoms with Gasteiger partial charge in [-0.25, -0.2) is 0 Å². The number of carbonyl (C=O) groups excluding carboxylic acids is 1. The van der Waals surface area contributed by atoms with Gasteiger partial charge < -0.3 is 15.4 Å². The van der Waals surface area contributed by atoms with Gasteiger partial charge in [0.05, 0.1) is 5.94 Å². The van der Waals surface area contributed by atoms with Gasteiger partial charge in [-0.3, -0.25) is 4.79 Å². The van der Waals surface area contributed by atoms with Gasteiger partial charge in [-0.1, -0.05) is 0 Å². The lowest BCUT2D eigenvalue weighted by Crippen LogP contribution is -2.43. The SMILES string of the molecule is CC(=O)N[C@@H](C)B(O)O. The van der Waals surface area contributed by atoms with E-state index in [1.165, 1.54) is 13.8 Å². The van der Waals surface area contributed by atoms with Crippen molar-refractivity contribution in [2.24, 2.45) is 0 Å². The molecule has 4 nitrogen and oxygen atoms in total. The first-order valence-corrected chi connectivity index (χ1v) is 2.67. The second-order valence-electron chi connectivity index (χ2n) is 1.90. The fourth-order valence-corrected chi connectivity index (χ4v) is 0.395. The first-order chi connectivity index (χ1) is 4.04. The van der Waals surface area contributed by atoms with Crippen LogP contribution in [-0.4, -0.2) is 29.0 Å². The van der Waals surface area contributed by atoms with Crippen LogP contribution in [0.5, 0.6) is 0 Å². The monoisotopic (exact) mass is 131 g/mol. The summed E-state index contributed by atoms with van der Waals surface area (Å²) in [6.45, 7) is 2.82. The van der Waals surface area contributed by atoms with Crippen LogP contribution in [0.15, 0.2) is 0 Å². The Labute approximate surface area is 54.0 Å². The Morgan fingerprint density at radius 1 is 1.67 bits per heavy atom. The van der Waals surface area contributed by atoms with Crippen molar-refractivity contribution in [2.45, 2.75) is 19.8 Å². The van der Waals surface area contributed by atoms with Gasteiger partial charge in [0, 0.05) is 6.92 Å². The lowest BCUT2D eigenvalue weighted by Gasteiger charge is -2.09. The molecule has 0 aliphatic heterocycles. The van der Waals surface area contributed by atoms with Gasteiger partial charge in [0.15, 0.2) is 0 Å². The molecule has 9 heavy (non-hydrogen) atoms. The van der Waals surface area contributed by atoms with Crippen molar-refractivity contribution >= 4 is 13.0 Å². The number of amides is 1. The summed E-state index contributed by atoms with van der Waals surface area (Å²) in [7, 11) is -1.48. The zero-order valence-electron chi connectivity index (χ0n) is 5.46. The summed E-state index contributed by atoms with van der Waals surface area (Å²) in [6, 6.07) is 0. The van der Waals surface area contributed by atoms with Crippen LogP contribution in [0.4, 0.5) is 0 Å². The molecule has 0 saturated carbocycles. The number of hydrogen-bond acceptors (Lipinski definition) is 3. The zero-order valence-corrected chi connectivity index (χ0v) is 5.46. The van der Waals surface area contributed by atoms with Crippen LogP contribution in [0, 0.1) is 0 Å². The van der Waals surface area contributed by atoms with E-state index in [9.17, 15) is 4.79 Å². The lowest BCUT2D eigenvalue weighted by atomic mass is 9.81. The molecule has 0 bridgehead atoms. The second-order valence-corrected chi connectivity index (χ2v) is 1.90. The minimum Gasteiger partial charge on any atom is -0.426 e. The van der Waals surface area contributed by atoms with E-state index >= 15 is 0 Å². The minimum absolute atomic E-state index is 0.268. The van der Waals surface area contributed by atoms with Crippen molar-refractivity contribution in [1.82, 2.24) is 5.32 Å². The normalized spacial score (nSPS) is 12.4. The van der Waals surface area contributed by atoms with E-state index in [1.54, 1.807) is 0 Å². The predicted molar refractivity (Wildman–Crippen MR) is 33.5 cm³/mol. The highest BCUT2D eigenvalue weighted by Crippen LogP contribution is 1.81. The molecule has 1 amide bonds. The van der Waals surface area contributed by atoms with Crippen LogP contribution in [0.1, 0.15) is 13.8 Å². The highest BCUT2D eigenvalue weighted by atomic mass is 16.4. The Morgan fingerprint density at radius 2 is 2.11 bits per heavy atom. The Hall–Kier alpha value is -0.545. The Morgan fingerprint density at radius 3 is 2.22 bits per heavy atom. The topological polar surface area (TPSA) is 69.6 Å². The van der Waals surface area contributed by atoms with Crippen molar-refractivity contribution in [3.8, 4) is 0 Å². The van der Waals surface area contributed by atoms with E-state index in [4.69, 9.17) is 10.0 Å². The summed E-state index contributed by atoms with van der Waals surface area (Å²) in [4.78, 5) is 10.2. The van der Waals surface area contributed by atoms with Crippen LogP contribution in [-0.2, 0) is 4.79 Å². The third-order valence-corrected chi connectivity index (χ3v) is 0.878. The fourth-order valence-electron chi connectivity index (χ4n) is 0.395. The molecule has 0 radical (unpaired) electrons. The maximum atomic E-state index is 10.2. The molecule has 5 heteroatoms. The molecule has 0 saturated heterocycles. The summed E-state index contributed by atoms with van der Waals surface area (Å²) in [5, 5.41) is 19.1. The van der Waals surface area contributed by atoms with Crippen molar-refractivity contribution in [2.75, 3.05) is 0 Å². The lowest BCUT2D eigenvalue weighted by molar-refractivity contribution is -0.119. The molecule has 0 aliphatic carbocycles. The third kappa shape index (κ3) is 3.99. The summed E-state index contributed by atoms with van der Waals surface area (Å²) in [5.74, 6) is -0.863. The summed E-state index contributed by atoms with van der Waals surface area (Å²) in [6.07, 6.45) is 0. The molecule has 0 heterocycles. The molecule has 52 valence electrons. The van der Waals surface area contributed by atoms with Crippen LogP contribution in [0.25, 0.3) is 0 Å². The van der Waals surface area contributed by atoms with E-state index in [2.05, 4.69) is 5.32 Å². The van der Waals surface area contributed by atoms with E-state index in [0.717, 1.165) is 0 Å². The van der Waals surface area contributed by atoms with Crippen LogP contribution in [0.3, 0.4) is 0 Å². The van der Waals surface area contributed by atoms with E-state index in [1.807, 2.05) is 0 Å². The van der Waals surface area contributed by atoms with Gasteiger partial charge in [0.25, 0.3) is 0 Å². The summed E-state index contributed by atoms with van der Waals surface area (Å²) < 4.78 is 0. The quantitative estimate of drug-likeness (QED) is 0.400. The maximum Gasteiger partial charge on any atom is 0.475 e. The first-order valence-electron chi connectivity index (χ1n) is 2.67. The van der Waals surface area contributed by atoms with Gasteiger partial charge in [-0.2, -0.15) is 0 Å². The van der Waals surface area contributed by atoms with Crippen molar-refractivity contribution < 1.29 is 14.8 Å². The van der Waals surface area contributed by atoms with E-state index in [0.29, 0.717) is 0 Å². The highest BCUT2D eigenvalue weighted by Gasteiger charge is 2.17. The van der Waals surface area contributed by atoms with Gasteiger partial charge in [-0.15, -0.1) is 0 Å². The molecule has 0 aromatic rings. The van der Waals surface area contributed by atoms with E-state index in [-0.39, 0.29) is 5.91 Å². The van der Waals surface area contributed by atoms with Crippen LogP contribution in [0.2, 0.25) is 0 Å². The fraction of sp³-hybridized carbons (Fsp3) is 0.750. The largest absolute Gasteiger partial charge is 0.475 e. The van der Waals surface area contributed by atoms with Gasteiger partial charge in [-0.05, 0) is 6.92 Å².